The number of carbonyl (C=O) groups excluding carboxylic acids is 1. The number of allylic oxidation sites excluding steroid dienone is 2. The Labute approximate surface area is 205 Å². The number of aliphatic hydroxyl groups excluding tert-OH is 2. The lowest BCUT2D eigenvalue weighted by Crippen LogP contribution is -2.50. The van der Waals surface area contributed by atoms with Gasteiger partial charge in [0.15, 0.2) is 0 Å². The fourth-order valence-electron chi connectivity index (χ4n) is 2.97. The zero-order valence-electron chi connectivity index (χ0n) is 20.4. The van der Waals surface area contributed by atoms with Crippen LogP contribution in [0.1, 0.15) is 40.5 Å². The van der Waals surface area contributed by atoms with E-state index in [4.69, 9.17) is 19.8 Å². The fourth-order valence-corrected chi connectivity index (χ4v) is 4.21. The molecule has 1 amide bonds. The summed E-state index contributed by atoms with van der Waals surface area (Å²) in [6.45, 7) is 7.25. The van der Waals surface area contributed by atoms with Gasteiger partial charge in [0.1, 0.15) is 11.4 Å². The molecule has 0 aliphatic heterocycles. The van der Waals surface area contributed by atoms with Gasteiger partial charge in [0.25, 0.3) is 11.4 Å². The van der Waals surface area contributed by atoms with Gasteiger partial charge in [-0.15, -0.1) is 0 Å². The lowest BCUT2D eigenvalue weighted by molar-refractivity contribution is 0.0403. The van der Waals surface area contributed by atoms with E-state index in [-0.39, 0.29) is 25.9 Å². The smallest absolute Gasteiger partial charge is 0.407 e. The maximum Gasteiger partial charge on any atom is 0.407 e. The Bertz CT molecular complexity index is 861. The molecule has 0 aliphatic carbocycles. The predicted octanol–water partition coefficient (Wildman–Crippen LogP) is 3.94. The molecular weight excluding hydrogens is 458 g/mol. The summed E-state index contributed by atoms with van der Waals surface area (Å²) < 4.78 is 23.1. The Morgan fingerprint density at radius 1 is 1.32 bits per heavy atom. The summed E-state index contributed by atoms with van der Waals surface area (Å²) in [7, 11) is 1.55. The Hall–Kier alpha value is -2.71. The van der Waals surface area contributed by atoms with Gasteiger partial charge in [-0.3, -0.25) is 0 Å². The molecule has 0 saturated heterocycles. The van der Waals surface area contributed by atoms with Crippen LogP contribution in [0.25, 0.3) is 0 Å². The number of nitrogens with one attached hydrogen (secondary N) is 1. The molecule has 10 heteroatoms. The molecule has 0 aliphatic rings. The van der Waals surface area contributed by atoms with Gasteiger partial charge in [0.2, 0.25) is 4.90 Å². The first-order chi connectivity index (χ1) is 16.0. The SMILES string of the molecule is COc1ccc([S+](O)N(CCC#N)C[C@@H](O)[C@H](C/C(C)=C/C=C\O)NC(=O)OC(C)(C)C)cc1. The zero-order valence-corrected chi connectivity index (χ0v) is 21.2. The maximum absolute atomic E-state index is 12.4. The Kier molecular flexibility index (Phi) is 12.5. The van der Waals surface area contributed by atoms with Crippen LogP contribution in [0.15, 0.2) is 53.1 Å². The number of nitriles is 1. The quantitative estimate of drug-likeness (QED) is 0.195. The minimum Gasteiger partial charge on any atom is -0.516 e. The third kappa shape index (κ3) is 10.9. The first-order valence-corrected chi connectivity index (χ1v) is 12.0. The number of rotatable bonds is 12. The Balaban J connectivity index is 3.09. The number of carbonyl (C=O) groups is 1. The normalized spacial score (nSPS) is 15.0. The summed E-state index contributed by atoms with van der Waals surface area (Å²) in [5, 5.41) is 31.7. The van der Waals surface area contributed by atoms with E-state index in [1.807, 2.05) is 0 Å². The molecule has 1 aromatic rings. The molecule has 34 heavy (non-hydrogen) atoms. The van der Waals surface area contributed by atoms with Crippen molar-refractivity contribution in [2.75, 3.05) is 20.2 Å². The lowest BCUT2D eigenvalue weighted by atomic mass is 10.0. The number of amides is 1. The van der Waals surface area contributed by atoms with Crippen molar-refractivity contribution in [1.82, 2.24) is 9.62 Å². The van der Waals surface area contributed by atoms with Crippen molar-refractivity contribution in [1.29, 1.82) is 5.26 Å². The van der Waals surface area contributed by atoms with E-state index in [0.29, 0.717) is 10.6 Å². The largest absolute Gasteiger partial charge is 0.516 e. The first-order valence-electron chi connectivity index (χ1n) is 10.8. The molecule has 1 rings (SSSR count). The number of hydrogen-bond donors (Lipinski definition) is 4. The van der Waals surface area contributed by atoms with Gasteiger partial charge in [-0.05, 0) is 52.3 Å². The van der Waals surface area contributed by atoms with Crippen molar-refractivity contribution in [3.63, 3.8) is 0 Å². The first kappa shape index (κ1) is 29.3. The summed E-state index contributed by atoms with van der Waals surface area (Å²) in [4.78, 5) is 13.0. The van der Waals surface area contributed by atoms with Crippen LogP contribution in [-0.2, 0) is 16.1 Å². The third-order valence-electron chi connectivity index (χ3n) is 4.55. The number of ether oxygens (including phenoxy) is 2. The highest BCUT2D eigenvalue weighted by Gasteiger charge is 2.35. The van der Waals surface area contributed by atoms with Gasteiger partial charge >= 0.3 is 6.09 Å². The maximum atomic E-state index is 12.4. The molecule has 0 saturated carbocycles. The molecular formula is C24H36N3O6S+. The van der Waals surface area contributed by atoms with Crippen molar-refractivity contribution < 1.29 is 29.0 Å². The van der Waals surface area contributed by atoms with E-state index >= 15 is 0 Å². The Morgan fingerprint density at radius 3 is 2.50 bits per heavy atom. The molecule has 9 nitrogen and oxygen atoms in total. The second-order valence-electron chi connectivity index (χ2n) is 8.61. The van der Waals surface area contributed by atoms with E-state index in [1.165, 1.54) is 6.08 Å². The highest BCUT2D eigenvalue weighted by molar-refractivity contribution is 7.89. The van der Waals surface area contributed by atoms with Crippen molar-refractivity contribution in [2.24, 2.45) is 0 Å². The predicted molar refractivity (Wildman–Crippen MR) is 132 cm³/mol. The van der Waals surface area contributed by atoms with Gasteiger partial charge < -0.3 is 25.0 Å². The minimum atomic E-state index is -1.40. The summed E-state index contributed by atoms with van der Waals surface area (Å²) in [5.41, 5.74) is 0.0849. The number of methoxy groups -OCH3 is 1. The Morgan fingerprint density at radius 2 is 1.97 bits per heavy atom. The number of aliphatic hydroxyl groups is 2. The fraction of sp³-hybridized carbons (Fsp3) is 0.500. The van der Waals surface area contributed by atoms with Crippen LogP contribution in [0.4, 0.5) is 4.79 Å². The molecule has 3 atom stereocenters. The van der Waals surface area contributed by atoms with Crippen molar-refractivity contribution in [2.45, 2.75) is 63.2 Å². The van der Waals surface area contributed by atoms with Crippen LogP contribution in [0, 0.1) is 11.3 Å². The van der Waals surface area contributed by atoms with Gasteiger partial charge in [-0.1, -0.05) is 16.0 Å². The molecule has 0 spiro atoms. The van der Waals surface area contributed by atoms with Gasteiger partial charge in [0.05, 0.1) is 51.1 Å². The number of benzene rings is 1. The summed E-state index contributed by atoms with van der Waals surface area (Å²) >= 11 is -1.40. The number of nitrogens with zero attached hydrogens (tertiary/aromatic N) is 2. The minimum absolute atomic E-state index is 0.00307. The number of hydrogen-bond acceptors (Lipinski definition) is 8. The van der Waals surface area contributed by atoms with Crippen molar-refractivity contribution in [3.05, 3.63) is 48.3 Å². The second kappa shape index (κ2) is 14.5. The monoisotopic (exact) mass is 494 g/mol. The van der Waals surface area contributed by atoms with Crippen LogP contribution in [0.2, 0.25) is 0 Å². The van der Waals surface area contributed by atoms with Crippen LogP contribution in [0.3, 0.4) is 0 Å². The molecule has 0 heterocycles. The molecule has 1 aromatic carbocycles. The van der Waals surface area contributed by atoms with E-state index < -0.39 is 35.2 Å². The highest BCUT2D eigenvalue weighted by atomic mass is 32.2. The molecule has 0 radical (unpaired) electrons. The lowest BCUT2D eigenvalue weighted by Gasteiger charge is -2.28. The number of alkyl carbamates (subject to hydrolysis) is 1. The highest BCUT2D eigenvalue weighted by Crippen LogP contribution is 2.21. The molecule has 188 valence electrons. The van der Waals surface area contributed by atoms with Crippen LogP contribution >= 0.6 is 0 Å². The second-order valence-corrected chi connectivity index (χ2v) is 10.1. The van der Waals surface area contributed by atoms with Crippen molar-refractivity contribution >= 4 is 17.5 Å². The zero-order chi connectivity index (χ0) is 25.7. The van der Waals surface area contributed by atoms with Gasteiger partial charge in [0, 0.05) is 12.1 Å². The molecule has 0 aromatic heterocycles. The third-order valence-corrected chi connectivity index (χ3v) is 6.07. The van der Waals surface area contributed by atoms with Crippen molar-refractivity contribution in [3.8, 4) is 11.8 Å². The van der Waals surface area contributed by atoms with Crippen LogP contribution in [-0.4, -0.2) is 63.1 Å². The van der Waals surface area contributed by atoms with Gasteiger partial charge in [-0.2, -0.15) is 9.81 Å². The summed E-state index contributed by atoms with van der Waals surface area (Å²) in [5.74, 6) is 0.644. The molecule has 0 fully saturated rings. The summed E-state index contributed by atoms with van der Waals surface area (Å²) in [6.07, 6.45) is 2.66. The molecule has 4 N–H and O–H groups in total. The standard InChI is InChI=1S/C24H35N3O6S/c1-18(8-6-15-28)16-21(26-23(30)33-24(2,3)4)22(29)17-27(14-7-13-25)34(31)20-11-9-19(32-5)10-12-20/h6,8-12,15,21-22,29,31H,7,14,16-17H2,1-5H3,(H-,26,28,30)/p+1/b15-6-,18-8+/t21-,22+,34?/m0/s1. The van der Waals surface area contributed by atoms with E-state index in [1.54, 1.807) is 69.5 Å². The topological polar surface area (TPSA) is 135 Å². The molecule has 0 bridgehead atoms. The van der Waals surface area contributed by atoms with E-state index in [2.05, 4.69) is 11.4 Å². The summed E-state index contributed by atoms with van der Waals surface area (Å²) in [6, 6.07) is 8.20. The van der Waals surface area contributed by atoms with Crippen LogP contribution < -0.4 is 10.1 Å². The molecule has 1 unspecified atom stereocenters. The van der Waals surface area contributed by atoms with Crippen LogP contribution in [0.5, 0.6) is 5.75 Å². The van der Waals surface area contributed by atoms with Gasteiger partial charge in [-0.25, -0.2) is 4.79 Å². The van der Waals surface area contributed by atoms with E-state index in [0.717, 1.165) is 11.8 Å². The average molecular weight is 495 g/mol. The average Bonchev–Trinajstić information content (AvgIpc) is 2.78. The van der Waals surface area contributed by atoms with E-state index in [9.17, 15) is 14.5 Å².